The second kappa shape index (κ2) is 4.27. The van der Waals surface area contributed by atoms with Gasteiger partial charge in [0, 0.05) is 0 Å². The Hall–Kier alpha value is -0.0400. The maximum Gasteiger partial charge on any atom is 0.0581 e. The molecule has 0 spiro atoms. The lowest BCUT2D eigenvalue weighted by atomic mass is 9.97. The van der Waals surface area contributed by atoms with Gasteiger partial charge in [-0.15, -0.1) is 0 Å². The first-order valence-electron chi connectivity index (χ1n) is 5.42. The van der Waals surface area contributed by atoms with E-state index in [0.29, 0.717) is 12.2 Å². The van der Waals surface area contributed by atoms with Crippen molar-refractivity contribution in [2.24, 2.45) is 0 Å². The van der Waals surface area contributed by atoms with Crippen LogP contribution in [0, 0.1) is 6.42 Å². The first-order chi connectivity index (χ1) is 5.95. The van der Waals surface area contributed by atoms with Gasteiger partial charge < -0.3 is 4.74 Å². The summed E-state index contributed by atoms with van der Waals surface area (Å²) in [5.74, 6) is 0. The molecule has 1 radical (unpaired) electrons. The molecule has 0 aromatic rings. The normalized spacial score (nSPS) is 28.0. The van der Waals surface area contributed by atoms with Crippen molar-refractivity contribution in [2.45, 2.75) is 63.6 Å². The predicted octanol–water partition coefficient (Wildman–Crippen LogP) is 3.09. The Labute approximate surface area is 75.5 Å². The lowest BCUT2D eigenvalue weighted by molar-refractivity contribution is -0.0184. The van der Waals surface area contributed by atoms with Gasteiger partial charge in [-0.3, -0.25) is 0 Å². The molecular formula is C11H19O. The smallest absolute Gasteiger partial charge is 0.0581 e. The summed E-state index contributed by atoms with van der Waals surface area (Å²) in [5.41, 5.74) is 0. The molecule has 1 heteroatoms. The molecule has 0 aromatic heterocycles. The predicted molar refractivity (Wildman–Crippen MR) is 49.9 cm³/mol. The average Bonchev–Trinajstić information content (AvgIpc) is 2.59. The van der Waals surface area contributed by atoms with Crippen LogP contribution in [-0.2, 0) is 4.74 Å². The lowest BCUT2D eigenvalue weighted by Gasteiger charge is -2.25. The molecule has 0 aliphatic heterocycles. The molecule has 1 nitrogen and oxygen atoms in total. The van der Waals surface area contributed by atoms with Crippen molar-refractivity contribution in [3.8, 4) is 0 Å². The summed E-state index contributed by atoms with van der Waals surface area (Å²) >= 11 is 0. The minimum absolute atomic E-state index is 0.571. The molecule has 1 atom stereocenters. The van der Waals surface area contributed by atoms with E-state index in [9.17, 15) is 0 Å². The molecule has 2 aliphatic carbocycles. The zero-order chi connectivity index (χ0) is 8.23. The molecule has 0 bridgehead atoms. The van der Waals surface area contributed by atoms with Crippen molar-refractivity contribution in [3.63, 3.8) is 0 Å². The maximum atomic E-state index is 6.02. The maximum absolute atomic E-state index is 6.02. The quantitative estimate of drug-likeness (QED) is 0.614. The van der Waals surface area contributed by atoms with E-state index in [4.69, 9.17) is 4.74 Å². The molecule has 2 fully saturated rings. The highest BCUT2D eigenvalue weighted by Gasteiger charge is 2.21. The van der Waals surface area contributed by atoms with Crippen LogP contribution < -0.4 is 0 Å². The van der Waals surface area contributed by atoms with Gasteiger partial charge in [0.2, 0.25) is 0 Å². The molecule has 2 rings (SSSR count). The molecule has 0 N–H and O–H groups in total. The van der Waals surface area contributed by atoms with Crippen molar-refractivity contribution >= 4 is 0 Å². The van der Waals surface area contributed by atoms with Crippen LogP contribution in [0.1, 0.15) is 51.4 Å². The largest absolute Gasteiger partial charge is 0.375 e. The van der Waals surface area contributed by atoms with Gasteiger partial charge in [-0.2, -0.15) is 0 Å². The highest BCUT2D eigenvalue weighted by Crippen LogP contribution is 2.27. The molecule has 2 aliphatic rings. The SMILES string of the molecule is [CH]1CCCC(OC2CCCC2)C1. The Morgan fingerprint density at radius 3 is 2.33 bits per heavy atom. The topological polar surface area (TPSA) is 9.23 Å². The fourth-order valence-electron chi connectivity index (χ4n) is 2.33. The van der Waals surface area contributed by atoms with Gasteiger partial charge in [0.25, 0.3) is 0 Å². The van der Waals surface area contributed by atoms with E-state index < -0.39 is 0 Å². The van der Waals surface area contributed by atoms with Crippen molar-refractivity contribution < 1.29 is 4.74 Å². The van der Waals surface area contributed by atoms with Crippen molar-refractivity contribution in [1.82, 2.24) is 0 Å². The van der Waals surface area contributed by atoms with Crippen LogP contribution in [0.4, 0.5) is 0 Å². The van der Waals surface area contributed by atoms with Gasteiger partial charge in [-0.1, -0.05) is 19.3 Å². The lowest BCUT2D eigenvalue weighted by Crippen LogP contribution is -2.22. The van der Waals surface area contributed by atoms with E-state index in [2.05, 4.69) is 6.42 Å². The first-order valence-corrected chi connectivity index (χ1v) is 5.42. The van der Waals surface area contributed by atoms with E-state index >= 15 is 0 Å². The van der Waals surface area contributed by atoms with Crippen LogP contribution in [0.25, 0.3) is 0 Å². The minimum atomic E-state index is 0.571. The van der Waals surface area contributed by atoms with Crippen LogP contribution in [-0.4, -0.2) is 12.2 Å². The Kier molecular flexibility index (Phi) is 3.04. The average molecular weight is 167 g/mol. The van der Waals surface area contributed by atoms with Gasteiger partial charge >= 0.3 is 0 Å². The molecule has 12 heavy (non-hydrogen) atoms. The number of ether oxygens (including phenoxy) is 1. The van der Waals surface area contributed by atoms with Gasteiger partial charge in [-0.05, 0) is 38.5 Å². The zero-order valence-electron chi connectivity index (χ0n) is 7.80. The first kappa shape index (κ1) is 8.55. The second-order valence-electron chi connectivity index (χ2n) is 4.12. The summed E-state index contributed by atoms with van der Waals surface area (Å²) in [4.78, 5) is 0. The molecule has 0 amide bonds. The number of hydrogen-bond acceptors (Lipinski definition) is 1. The van der Waals surface area contributed by atoms with Crippen LogP contribution in [0.15, 0.2) is 0 Å². The fraction of sp³-hybridized carbons (Fsp3) is 0.909. The van der Waals surface area contributed by atoms with Gasteiger partial charge in [0.15, 0.2) is 0 Å². The summed E-state index contributed by atoms with van der Waals surface area (Å²) in [6.45, 7) is 0. The summed E-state index contributed by atoms with van der Waals surface area (Å²) in [6, 6.07) is 0. The summed E-state index contributed by atoms with van der Waals surface area (Å²) in [6.07, 6.45) is 14.1. The Morgan fingerprint density at radius 2 is 1.67 bits per heavy atom. The summed E-state index contributed by atoms with van der Waals surface area (Å²) in [7, 11) is 0. The standard InChI is InChI=1S/C11H19O/c1-2-6-10(7-3-1)12-11-8-4-5-9-11/h2,10-11H,1,3-9H2. The van der Waals surface area contributed by atoms with E-state index in [1.54, 1.807) is 0 Å². The van der Waals surface area contributed by atoms with Crippen molar-refractivity contribution in [2.75, 3.05) is 0 Å². The number of hydrogen-bond donors (Lipinski definition) is 0. The van der Waals surface area contributed by atoms with Crippen LogP contribution in [0.2, 0.25) is 0 Å². The minimum Gasteiger partial charge on any atom is -0.375 e. The Bertz CT molecular complexity index is 121. The Morgan fingerprint density at radius 1 is 0.917 bits per heavy atom. The molecule has 1 unspecified atom stereocenters. The molecule has 0 heterocycles. The summed E-state index contributed by atoms with van der Waals surface area (Å²) in [5, 5.41) is 0. The molecule has 0 aromatic carbocycles. The highest BCUT2D eigenvalue weighted by molar-refractivity contribution is 4.79. The molecule has 69 valence electrons. The summed E-state index contributed by atoms with van der Waals surface area (Å²) < 4.78 is 6.02. The van der Waals surface area contributed by atoms with Gasteiger partial charge in [0.05, 0.1) is 12.2 Å². The number of rotatable bonds is 2. The monoisotopic (exact) mass is 167 g/mol. The van der Waals surface area contributed by atoms with E-state index in [0.717, 1.165) is 0 Å². The van der Waals surface area contributed by atoms with Crippen LogP contribution in [0.3, 0.4) is 0 Å². The van der Waals surface area contributed by atoms with Crippen molar-refractivity contribution in [3.05, 3.63) is 6.42 Å². The third-order valence-corrected chi connectivity index (χ3v) is 3.05. The van der Waals surface area contributed by atoms with E-state index in [1.807, 2.05) is 0 Å². The molecule has 0 saturated heterocycles. The molecule has 2 saturated carbocycles. The van der Waals surface area contributed by atoms with Crippen LogP contribution >= 0.6 is 0 Å². The third kappa shape index (κ3) is 2.22. The zero-order valence-corrected chi connectivity index (χ0v) is 7.80. The Balaban J connectivity index is 1.69. The fourth-order valence-corrected chi connectivity index (χ4v) is 2.33. The van der Waals surface area contributed by atoms with Crippen molar-refractivity contribution in [1.29, 1.82) is 0 Å². The van der Waals surface area contributed by atoms with E-state index in [1.165, 1.54) is 51.4 Å². The van der Waals surface area contributed by atoms with Gasteiger partial charge in [-0.25, -0.2) is 0 Å². The van der Waals surface area contributed by atoms with Gasteiger partial charge in [0.1, 0.15) is 0 Å². The van der Waals surface area contributed by atoms with E-state index in [-0.39, 0.29) is 0 Å². The highest BCUT2D eigenvalue weighted by atomic mass is 16.5. The molecular weight excluding hydrogens is 148 g/mol. The van der Waals surface area contributed by atoms with Crippen LogP contribution in [0.5, 0.6) is 0 Å². The third-order valence-electron chi connectivity index (χ3n) is 3.05. The second-order valence-corrected chi connectivity index (χ2v) is 4.12.